The molecule has 1 aliphatic rings. The van der Waals surface area contributed by atoms with Gasteiger partial charge in [-0.25, -0.2) is 4.39 Å². The highest BCUT2D eigenvalue weighted by Gasteiger charge is 2.25. The van der Waals surface area contributed by atoms with E-state index in [1.807, 2.05) is 0 Å². The molecule has 5 heteroatoms. The van der Waals surface area contributed by atoms with E-state index in [4.69, 9.17) is 0 Å². The lowest BCUT2D eigenvalue weighted by atomic mass is 10.1. The van der Waals surface area contributed by atoms with E-state index >= 15 is 0 Å². The van der Waals surface area contributed by atoms with E-state index in [0.717, 1.165) is 16.6 Å². The van der Waals surface area contributed by atoms with Gasteiger partial charge in [-0.1, -0.05) is 11.8 Å². The minimum Gasteiger partial charge on any atom is -0.335 e. The van der Waals surface area contributed by atoms with E-state index in [2.05, 4.69) is 40.1 Å². The first-order valence-electron chi connectivity index (χ1n) is 4.91. The molecule has 16 heavy (non-hydrogen) atoms. The van der Waals surface area contributed by atoms with Gasteiger partial charge in [0.25, 0.3) is 0 Å². The molecule has 1 N–H and O–H groups in total. The maximum absolute atomic E-state index is 13.0. The maximum atomic E-state index is 13.0. The summed E-state index contributed by atoms with van der Waals surface area (Å²) in [6.07, 6.45) is 0. The molecule has 0 saturated carbocycles. The molecule has 0 spiro atoms. The number of nitrogens with one attached hydrogen (secondary N) is 1. The van der Waals surface area contributed by atoms with E-state index in [0.29, 0.717) is 4.47 Å². The van der Waals surface area contributed by atoms with E-state index in [-0.39, 0.29) is 11.4 Å². The van der Waals surface area contributed by atoms with Crippen LogP contribution in [0, 0.1) is 5.82 Å². The lowest BCUT2D eigenvalue weighted by molar-refractivity contribution is 0.605. The van der Waals surface area contributed by atoms with Crippen LogP contribution in [0.2, 0.25) is 0 Å². The van der Waals surface area contributed by atoms with Crippen molar-refractivity contribution in [1.82, 2.24) is 0 Å². The fourth-order valence-corrected chi connectivity index (χ4v) is 2.78. The van der Waals surface area contributed by atoms with E-state index < -0.39 is 0 Å². The number of nitrogens with zero attached hydrogens (tertiary/aromatic N) is 1. The van der Waals surface area contributed by atoms with E-state index in [1.165, 1.54) is 6.07 Å². The Hall–Kier alpha value is -0.550. The minimum absolute atomic E-state index is 0.00966. The predicted octanol–water partition coefficient (Wildman–Crippen LogP) is 3.88. The number of hydrogen-bond acceptors (Lipinski definition) is 3. The largest absolute Gasteiger partial charge is 0.335 e. The summed E-state index contributed by atoms with van der Waals surface area (Å²) in [4.78, 5) is 4.53. The zero-order valence-corrected chi connectivity index (χ0v) is 11.5. The predicted molar refractivity (Wildman–Crippen MR) is 71.7 cm³/mol. The molecule has 2 nitrogen and oxygen atoms in total. The molecule has 1 aromatic rings. The van der Waals surface area contributed by atoms with Crippen molar-refractivity contribution in [2.24, 2.45) is 4.99 Å². The summed E-state index contributed by atoms with van der Waals surface area (Å²) in [6.45, 7) is 4.19. The highest BCUT2D eigenvalue weighted by atomic mass is 79.9. The number of halogens is 2. The topological polar surface area (TPSA) is 24.4 Å². The number of amidine groups is 1. The third-order valence-corrected chi connectivity index (χ3v) is 4.06. The van der Waals surface area contributed by atoms with Crippen LogP contribution in [-0.4, -0.2) is 16.5 Å². The van der Waals surface area contributed by atoms with Gasteiger partial charge >= 0.3 is 0 Å². The lowest BCUT2D eigenvalue weighted by Gasteiger charge is -2.09. The summed E-state index contributed by atoms with van der Waals surface area (Å²) >= 11 is 4.84. The van der Waals surface area contributed by atoms with E-state index in [1.54, 1.807) is 23.9 Å². The number of aliphatic imine (C=N–C) groups is 1. The molecule has 1 heterocycles. The van der Waals surface area contributed by atoms with E-state index in [9.17, 15) is 4.39 Å². The van der Waals surface area contributed by atoms with Gasteiger partial charge in [-0.3, -0.25) is 4.99 Å². The molecule has 86 valence electrons. The summed E-state index contributed by atoms with van der Waals surface area (Å²) in [6, 6.07) is 4.84. The fourth-order valence-electron chi connectivity index (χ4n) is 1.35. The standard InChI is InChI=1S/C11H12BrFN2S/c1-11(2)6-16-10(15-11)14-7-3-4-9(13)8(12)5-7/h3-5H,6H2,1-2H3,(H,14,15). The Kier molecular flexibility index (Phi) is 3.26. The van der Waals surface area contributed by atoms with Crippen molar-refractivity contribution in [2.45, 2.75) is 19.4 Å². The van der Waals surface area contributed by atoms with Gasteiger partial charge in [-0.15, -0.1) is 0 Å². The Morgan fingerprint density at radius 2 is 2.25 bits per heavy atom. The number of hydrogen-bond donors (Lipinski definition) is 1. The van der Waals surface area contributed by atoms with Gasteiger partial charge in [-0.2, -0.15) is 0 Å². The number of rotatable bonds is 1. The van der Waals surface area contributed by atoms with Crippen molar-refractivity contribution in [3.63, 3.8) is 0 Å². The first-order valence-corrected chi connectivity index (χ1v) is 6.69. The molecule has 0 unspecified atom stereocenters. The Morgan fingerprint density at radius 1 is 1.50 bits per heavy atom. The van der Waals surface area contributed by atoms with Crippen molar-refractivity contribution >= 4 is 38.5 Å². The second-order valence-electron chi connectivity index (χ2n) is 4.27. The Bertz CT molecular complexity index is 446. The molecule has 0 amide bonds. The average molecular weight is 303 g/mol. The normalized spacial score (nSPS) is 18.4. The molecule has 1 aliphatic heterocycles. The quantitative estimate of drug-likeness (QED) is 0.851. The highest BCUT2D eigenvalue weighted by Crippen LogP contribution is 2.28. The van der Waals surface area contributed by atoms with Crippen LogP contribution < -0.4 is 5.32 Å². The molecule has 0 aliphatic carbocycles. The van der Waals surface area contributed by atoms with Gasteiger partial charge in [-0.05, 0) is 48.0 Å². The molecule has 0 bridgehead atoms. The monoisotopic (exact) mass is 302 g/mol. The lowest BCUT2D eigenvalue weighted by Crippen LogP contribution is -2.15. The average Bonchev–Trinajstić information content (AvgIpc) is 2.52. The van der Waals surface area contributed by atoms with Crippen molar-refractivity contribution in [3.05, 3.63) is 28.5 Å². The number of anilines is 1. The van der Waals surface area contributed by atoms with Crippen molar-refractivity contribution < 1.29 is 4.39 Å². The molecule has 0 fully saturated rings. The number of benzene rings is 1. The summed E-state index contributed by atoms with van der Waals surface area (Å²) in [7, 11) is 0. The molecule has 0 aromatic heterocycles. The van der Waals surface area contributed by atoms with Crippen molar-refractivity contribution in [2.75, 3.05) is 11.1 Å². The molecular weight excluding hydrogens is 291 g/mol. The first-order chi connectivity index (χ1) is 7.46. The third-order valence-electron chi connectivity index (χ3n) is 2.14. The molecule has 0 saturated heterocycles. The summed E-state index contributed by atoms with van der Waals surface area (Å²) in [5.74, 6) is 0.712. The van der Waals surface area contributed by atoms with Crippen LogP contribution in [0.15, 0.2) is 27.7 Å². The SMILES string of the molecule is CC1(C)CSC(Nc2ccc(F)c(Br)c2)=N1. The zero-order valence-electron chi connectivity index (χ0n) is 9.05. The summed E-state index contributed by atoms with van der Waals surface area (Å²) in [5, 5.41) is 4.07. The van der Waals surface area contributed by atoms with Gasteiger partial charge in [0.05, 0.1) is 10.0 Å². The molecule has 0 atom stereocenters. The third kappa shape index (κ3) is 2.77. The summed E-state index contributed by atoms with van der Waals surface area (Å²) < 4.78 is 13.5. The Labute approximate surface area is 107 Å². The molecule has 2 rings (SSSR count). The second-order valence-corrected chi connectivity index (χ2v) is 6.09. The van der Waals surface area contributed by atoms with Gasteiger partial charge in [0.2, 0.25) is 0 Å². The van der Waals surface area contributed by atoms with Gasteiger partial charge in [0.15, 0.2) is 5.17 Å². The molecule has 0 radical (unpaired) electrons. The molecule has 1 aromatic carbocycles. The zero-order chi connectivity index (χ0) is 11.8. The first kappa shape index (κ1) is 11.9. The Morgan fingerprint density at radius 3 is 2.81 bits per heavy atom. The smallest absolute Gasteiger partial charge is 0.161 e. The summed E-state index contributed by atoms with van der Waals surface area (Å²) in [5.41, 5.74) is 0.835. The van der Waals surface area contributed by atoms with Gasteiger partial charge < -0.3 is 5.32 Å². The number of thioether (sulfide) groups is 1. The van der Waals surface area contributed by atoms with Crippen LogP contribution in [0.25, 0.3) is 0 Å². The van der Waals surface area contributed by atoms with Gasteiger partial charge in [0, 0.05) is 11.4 Å². The van der Waals surface area contributed by atoms with Crippen molar-refractivity contribution in [1.29, 1.82) is 0 Å². The van der Waals surface area contributed by atoms with Crippen LogP contribution in [0.1, 0.15) is 13.8 Å². The van der Waals surface area contributed by atoms with Crippen LogP contribution in [0.3, 0.4) is 0 Å². The maximum Gasteiger partial charge on any atom is 0.161 e. The second kappa shape index (κ2) is 4.37. The van der Waals surface area contributed by atoms with Crippen molar-refractivity contribution in [3.8, 4) is 0 Å². The van der Waals surface area contributed by atoms with Crippen LogP contribution in [0.5, 0.6) is 0 Å². The Balaban J connectivity index is 2.13. The van der Waals surface area contributed by atoms with Gasteiger partial charge in [0.1, 0.15) is 5.82 Å². The van der Waals surface area contributed by atoms with Crippen LogP contribution >= 0.6 is 27.7 Å². The molecular formula is C11H12BrFN2S. The fraction of sp³-hybridized carbons (Fsp3) is 0.364. The minimum atomic E-state index is -0.258. The van der Waals surface area contributed by atoms with Crippen LogP contribution in [-0.2, 0) is 0 Å². The van der Waals surface area contributed by atoms with Crippen LogP contribution in [0.4, 0.5) is 10.1 Å². The highest BCUT2D eigenvalue weighted by molar-refractivity contribution is 9.10.